The lowest BCUT2D eigenvalue weighted by Gasteiger charge is -2.14. The summed E-state index contributed by atoms with van der Waals surface area (Å²) in [4.78, 5) is 0.202. The van der Waals surface area contributed by atoms with E-state index in [1.54, 1.807) is 12.1 Å². The molecule has 0 aliphatic carbocycles. The number of nitrogens with one attached hydrogen (secondary N) is 1. The van der Waals surface area contributed by atoms with Crippen LogP contribution in [0.1, 0.15) is 25.3 Å². The molecule has 6 heteroatoms. The van der Waals surface area contributed by atoms with E-state index in [-0.39, 0.29) is 23.3 Å². The molecule has 0 bridgehead atoms. The molecule has 0 heterocycles. The number of aliphatic hydroxyl groups excluding tert-OH is 1. The standard InChI is InChI=1S/C14H20F3NOS/c1-2-11(7-8-19)9-18-10-12-3-5-13(6-4-12)20-14(15,16)17/h3-6,11,18-19H,2,7-10H2,1H3. The first-order valence-corrected chi connectivity index (χ1v) is 7.42. The molecule has 1 atom stereocenters. The van der Waals surface area contributed by atoms with Crippen LogP contribution in [0.25, 0.3) is 0 Å². The zero-order valence-corrected chi connectivity index (χ0v) is 12.2. The molecule has 0 amide bonds. The van der Waals surface area contributed by atoms with Crippen molar-refractivity contribution in [3.63, 3.8) is 0 Å². The van der Waals surface area contributed by atoms with Crippen molar-refractivity contribution in [2.45, 2.75) is 36.7 Å². The van der Waals surface area contributed by atoms with Crippen LogP contribution < -0.4 is 5.32 Å². The van der Waals surface area contributed by atoms with Crippen LogP contribution in [0.2, 0.25) is 0 Å². The lowest BCUT2D eigenvalue weighted by Crippen LogP contribution is -2.22. The van der Waals surface area contributed by atoms with Gasteiger partial charge in [-0.3, -0.25) is 0 Å². The number of aliphatic hydroxyl groups is 1. The van der Waals surface area contributed by atoms with Gasteiger partial charge in [0.25, 0.3) is 0 Å². The SMILES string of the molecule is CCC(CCO)CNCc1ccc(SC(F)(F)F)cc1. The van der Waals surface area contributed by atoms with Crippen LogP contribution in [0.4, 0.5) is 13.2 Å². The number of hydrogen-bond acceptors (Lipinski definition) is 3. The maximum absolute atomic E-state index is 12.2. The maximum Gasteiger partial charge on any atom is 0.446 e. The van der Waals surface area contributed by atoms with Crippen molar-refractivity contribution in [1.29, 1.82) is 0 Å². The molecule has 0 saturated carbocycles. The summed E-state index contributed by atoms with van der Waals surface area (Å²) in [6.45, 7) is 3.68. The normalized spacial score (nSPS) is 13.4. The van der Waals surface area contributed by atoms with Crippen LogP contribution in [0.15, 0.2) is 29.2 Å². The molecule has 20 heavy (non-hydrogen) atoms. The molecular formula is C14H20F3NOS. The van der Waals surface area contributed by atoms with Crippen molar-refractivity contribution in [3.05, 3.63) is 29.8 Å². The Morgan fingerprint density at radius 2 is 1.90 bits per heavy atom. The van der Waals surface area contributed by atoms with Gasteiger partial charge in [-0.1, -0.05) is 25.5 Å². The van der Waals surface area contributed by atoms with Crippen molar-refractivity contribution in [3.8, 4) is 0 Å². The number of rotatable bonds is 8. The molecule has 1 rings (SSSR count). The average molecular weight is 307 g/mol. The summed E-state index contributed by atoms with van der Waals surface area (Å²) < 4.78 is 36.5. The van der Waals surface area contributed by atoms with Crippen LogP contribution in [-0.4, -0.2) is 23.8 Å². The summed E-state index contributed by atoms with van der Waals surface area (Å²) >= 11 is -0.0998. The zero-order chi connectivity index (χ0) is 15.0. The minimum absolute atomic E-state index is 0.0998. The highest BCUT2D eigenvalue weighted by atomic mass is 32.2. The second-order valence-corrected chi connectivity index (χ2v) is 5.75. The minimum Gasteiger partial charge on any atom is -0.396 e. The van der Waals surface area contributed by atoms with E-state index in [0.29, 0.717) is 12.5 Å². The van der Waals surface area contributed by atoms with Crippen molar-refractivity contribution in [1.82, 2.24) is 5.32 Å². The summed E-state index contributed by atoms with van der Waals surface area (Å²) in [6.07, 6.45) is 1.76. The summed E-state index contributed by atoms with van der Waals surface area (Å²) in [5.41, 5.74) is -3.28. The van der Waals surface area contributed by atoms with Crippen LogP contribution in [0, 0.1) is 5.92 Å². The van der Waals surface area contributed by atoms with E-state index in [4.69, 9.17) is 5.11 Å². The highest BCUT2D eigenvalue weighted by molar-refractivity contribution is 8.00. The highest BCUT2D eigenvalue weighted by Gasteiger charge is 2.28. The molecule has 1 aromatic rings. The Morgan fingerprint density at radius 3 is 2.40 bits per heavy atom. The summed E-state index contributed by atoms with van der Waals surface area (Å²) in [6, 6.07) is 6.38. The predicted octanol–water partition coefficient (Wildman–Crippen LogP) is 3.80. The van der Waals surface area contributed by atoms with Gasteiger partial charge in [-0.15, -0.1) is 0 Å². The zero-order valence-electron chi connectivity index (χ0n) is 11.4. The molecule has 0 saturated heterocycles. The molecule has 0 aliphatic rings. The summed E-state index contributed by atoms with van der Waals surface area (Å²) in [5, 5.41) is 12.2. The van der Waals surface area contributed by atoms with Gasteiger partial charge in [0.1, 0.15) is 0 Å². The third-order valence-electron chi connectivity index (χ3n) is 3.03. The Balaban J connectivity index is 2.38. The largest absolute Gasteiger partial charge is 0.446 e. The molecule has 1 unspecified atom stereocenters. The van der Waals surface area contributed by atoms with Crippen LogP contribution in [-0.2, 0) is 6.54 Å². The Kier molecular flexibility index (Phi) is 7.40. The van der Waals surface area contributed by atoms with Gasteiger partial charge in [-0.2, -0.15) is 13.2 Å². The van der Waals surface area contributed by atoms with E-state index >= 15 is 0 Å². The topological polar surface area (TPSA) is 32.3 Å². The van der Waals surface area contributed by atoms with Gasteiger partial charge in [-0.05, 0) is 48.3 Å². The van der Waals surface area contributed by atoms with Crippen molar-refractivity contribution < 1.29 is 18.3 Å². The van der Waals surface area contributed by atoms with Crippen LogP contribution >= 0.6 is 11.8 Å². The Labute approximate surface area is 121 Å². The van der Waals surface area contributed by atoms with Gasteiger partial charge in [0.2, 0.25) is 0 Å². The molecule has 2 nitrogen and oxygen atoms in total. The Morgan fingerprint density at radius 1 is 1.25 bits per heavy atom. The summed E-state index contributed by atoms with van der Waals surface area (Å²) in [7, 11) is 0. The molecule has 0 fully saturated rings. The smallest absolute Gasteiger partial charge is 0.396 e. The van der Waals surface area contributed by atoms with Gasteiger partial charge in [0.05, 0.1) is 0 Å². The molecule has 0 spiro atoms. The first kappa shape index (κ1) is 17.3. The fourth-order valence-electron chi connectivity index (χ4n) is 1.86. The van der Waals surface area contributed by atoms with Gasteiger partial charge in [0, 0.05) is 18.0 Å². The maximum atomic E-state index is 12.2. The van der Waals surface area contributed by atoms with Gasteiger partial charge in [0.15, 0.2) is 0 Å². The van der Waals surface area contributed by atoms with E-state index in [2.05, 4.69) is 12.2 Å². The van der Waals surface area contributed by atoms with E-state index in [9.17, 15) is 13.2 Å². The second-order valence-electron chi connectivity index (χ2n) is 4.61. The lowest BCUT2D eigenvalue weighted by molar-refractivity contribution is -0.0328. The van der Waals surface area contributed by atoms with Gasteiger partial charge >= 0.3 is 5.51 Å². The molecule has 0 aromatic heterocycles. The molecule has 114 valence electrons. The van der Waals surface area contributed by atoms with Crippen molar-refractivity contribution in [2.75, 3.05) is 13.2 Å². The molecule has 2 N–H and O–H groups in total. The number of benzene rings is 1. The minimum atomic E-state index is -4.24. The Bertz CT molecular complexity index is 381. The average Bonchev–Trinajstić information content (AvgIpc) is 2.38. The third kappa shape index (κ3) is 7.17. The number of alkyl halides is 3. The fourth-order valence-corrected chi connectivity index (χ4v) is 2.40. The quantitative estimate of drug-likeness (QED) is 0.717. The number of halogens is 3. The predicted molar refractivity (Wildman–Crippen MR) is 75.5 cm³/mol. The van der Waals surface area contributed by atoms with E-state index < -0.39 is 5.51 Å². The first-order chi connectivity index (χ1) is 9.44. The number of hydrogen-bond donors (Lipinski definition) is 2. The van der Waals surface area contributed by atoms with Gasteiger partial charge < -0.3 is 10.4 Å². The van der Waals surface area contributed by atoms with Crippen LogP contribution in [0.5, 0.6) is 0 Å². The molecular weight excluding hydrogens is 287 g/mol. The third-order valence-corrected chi connectivity index (χ3v) is 3.77. The number of thioether (sulfide) groups is 1. The molecule has 1 aromatic carbocycles. The Hall–Kier alpha value is -0.720. The highest BCUT2D eigenvalue weighted by Crippen LogP contribution is 2.36. The molecule has 0 radical (unpaired) electrons. The van der Waals surface area contributed by atoms with E-state index in [1.807, 2.05) is 0 Å². The van der Waals surface area contributed by atoms with Crippen molar-refractivity contribution >= 4 is 11.8 Å². The second kappa shape index (κ2) is 8.54. The van der Waals surface area contributed by atoms with Crippen molar-refractivity contribution in [2.24, 2.45) is 5.92 Å². The fraction of sp³-hybridized carbons (Fsp3) is 0.571. The van der Waals surface area contributed by atoms with Crippen LogP contribution in [0.3, 0.4) is 0 Å². The first-order valence-electron chi connectivity index (χ1n) is 6.61. The molecule has 0 aliphatic heterocycles. The monoisotopic (exact) mass is 307 g/mol. The van der Waals surface area contributed by atoms with Gasteiger partial charge in [-0.25, -0.2) is 0 Å². The van der Waals surface area contributed by atoms with E-state index in [0.717, 1.165) is 24.9 Å². The lowest BCUT2D eigenvalue weighted by atomic mass is 10.0. The summed E-state index contributed by atoms with van der Waals surface area (Å²) in [5.74, 6) is 0.431. The van der Waals surface area contributed by atoms with E-state index in [1.165, 1.54) is 12.1 Å².